The molecule has 4 aromatic rings. The van der Waals surface area contributed by atoms with Gasteiger partial charge in [-0.1, -0.05) is 20.8 Å². The zero-order valence-corrected chi connectivity index (χ0v) is 22.7. The standard InChI is InChI=1S/C28H36N6OS/c1-15(2)22-23-18(5)25(19-6-8-33(9-7-19)28(35)21-10-16(3)12-29-21)36-27(23)32-24(22)20-11-17(4)26-30-14-31-34(26)13-20/h11,13-16,19,21,29,32H,6-10,12H2,1-5H3/t16-,21+/m0/s1. The maximum Gasteiger partial charge on any atom is 0.239 e. The molecule has 36 heavy (non-hydrogen) atoms. The minimum Gasteiger partial charge on any atom is -0.346 e. The summed E-state index contributed by atoms with van der Waals surface area (Å²) in [6.07, 6.45) is 6.76. The lowest BCUT2D eigenvalue weighted by molar-refractivity contribution is -0.134. The highest BCUT2D eigenvalue weighted by molar-refractivity contribution is 7.19. The van der Waals surface area contributed by atoms with Gasteiger partial charge in [0.2, 0.25) is 5.91 Å². The molecule has 2 atom stereocenters. The number of fused-ring (bicyclic) bond motifs is 2. The molecule has 8 heteroatoms. The second-order valence-electron chi connectivity index (χ2n) is 11.2. The van der Waals surface area contributed by atoms with Gasteiger partial charge < -0.3 is 15.2 Å². The fourth-order valence-electron chi connectivity index (χ4n) is 6.36. The highest BCUT2D eigenvalue weighted by Gasteiger charge is 2.34. The van der Waals surface area contributed by atoms with Gasteiger partial charge in [-0.15, -0.1) is 11.3 Å². The molecule has 6 heterocycles. The Morgan fingerprint density at radius 3 is 2.69 bits per heavy atom. The molecule has 1 amide bonds. The second kappa shape index (κ2) is 8.99. The summed E-state index contributed by atoms with van der Waals surface area (Å²) in [6, 6.07) is 2.24. The van der Waals surface area contributed by atoms with E-state index in [2.05, 4.69) is 72.2 Å². The summed E-state index contributed by atoms with van der Waals surface area (Å²) in [5.74, 6) is 1.81. The van der Waals surface area contributed by atoms with E-state index in [-0.39, 0.29) is 6.04 Å². The van der Waals surface area contributed by atoms with Crippen LogP contribution in [-0.4, -0.2) is 56.1 Å². The SMILES string of the molecule is Cc1c(C2CCN(C(=O)[C@H]3C[C@H](C)CN3)CC2)sc2[nH]c(-c3cc(C)c4ncnn4c3)c(C(C)C)c12. The number of amides is 1. The summed E-state index contributed by atoms with van der Waals surface area (Å²) in [4.78, 5) is 26.0. The molecule has 2 N–H and O–H groups in total. The fraction of sp³-hybridized carbons (Fsp3) is 0.536. The van der Waals surface area contributed by atoms with Crippen LogP contribution in [0.25, 0.3) is 27.1 Å². The van der Waals surface area contributed by atoms with Crippen LogP contribution < -0.4 is 5.32 Å². The normalized spacial score (nSPS) is 21.4. The lowest BCUT2D eigenvalue weighted by Gasteiger charge is -2.33. The van der Waals surface area contributed by atoms with Crippen molar-refractivity contribution < 1.29 is 4.79 Å². The van der Waals surface area contributed by atoms with Crippen LogP contribution in [-0.2, 0) is 4.79 Å². The highest BCUT2D eigenvalue weighted by Crippen LogP contribution is 2.46. The Morgan fingerprint density at radius 1 is 1.22 bits per heavy atom. The van der Waals surface area contributed by atoms with E-state index in [4.69, 9.17) is 0 Å². The first kappa shape index (κ1) is 23.7. The Labute approximate surface area is 216 Å². The number of aromatic nitrogens is 4. The van der Waals surface area contributed by atoms with Crippen LogP contribution in [0.3, 0.4) is 0 Å². The van der Waals surface area contributed by atoms with Crippen molar-refractivity contribution in [1.82, 2.24) is 29.8 Å². The number of hydrogen-bond donors (Lipinski definition) is 2. The van der Waals surface area contributed by atoms with Gasteiger partial charge in [0.25, 0.3) is 0 Å². The Morgan fingerprint density at radius 2 is 2.00 bits per heavy atom. The van der Waals surface area contributed by atoms with Crippen molar-refractivity contribution in [3.8, 4) is 11.3 Å². The number of carbonyl (C=O) groups is 1. The van der Waals surface area contributed by atoms with Crippen LogP contribution in [0, 0.1) is 19.8 Å². The summed E-state index contributed by atoms with van der Waals surface area (Å²) in [6.45, 7) is 13.9. The minimum absolute atomic E-state index is 0.0190. The molecule has 2 saturated heterocycles. The molecule has 6 rings (SSSR count). The van der Waals surface area contributed by atoms with Gasteiger partial charge in [-0.25, -0.2) is 9.50 Å². The van der Waals surface area contributed by atoms with Crippen molar-refractivity contribution in [3.63, 3.8) is 0 Å². The molecule has 4 aromatic heterocycles. The van der Waals surface area contributed by atoms with E-state index in [1.807, 2.05) is 15.9 Å². The van der Waals surface area contributed by atoms with Gasteiger partial charge in [0.15, 0.2) is 5.65 Å². The quantitative estimate of drug-likeness (QED) is 0.391. The zero-order valence-electron chi connectivity index (χ0n) is 21.9. The molecule has 0 spiro atoms. The Bertz CT molecular complexity index is 1440. The second-order valence-corrected chi connectivity index (χ2v) is 12.3. The zero-order chi connectivity index (χ0) is 25.1. The molecule has 0 aromatic carbocycles. The van der Waals surface area contributed by atoms with E-state index in [9.17, 15) is 4.79 Å². The molecule has 2 aliphatic heterocycles. The number of aryl methyl sites for hydroxylation is 2. The predicted octanol–water partition coefficient (Wildman–Crippen LogP) is 5.38. The summed E-state index contributed by atoms with van der Waals surface area (Å²) in [5, 5.41) is 9.19. The number of likely N-dealkylation sites (tertiary alicyclic amines) is 1. The van der Waals surface area contributed by atoms with Crippen molar-refractivity contribution in [2.24, 2.45) is 5.92 Å². The lowest BCUT2D eigenvalue weighted by Crippen LogP contribution is -2.46. The molecule has 0 radical (unpaired) electrons. The van der Waals surface area contributed by atoms with Gasteiger partial charge in [0.05, 0.1) is 11.7 Å². The number of nitrogens with zero attached hydrogens (tertiary/aromatic N) is 4. The number of H-pyrrole nitrogens is 1. The van der Waals surface area contributed by atoms with E-state index >= 15 is 0 Å². The smallest absolute Gasteiger partial charge is 0.239 e. The first-order valence-corrected chi connectivity index (χ1v) is 14.1. The molecule has 0 saturated carbocycles. The summed E-state index contributed by atoms with van der Waals surface area (Å²) in [7, 11) is 0. The van der Waals surface area contributed by atoms with E-state index in [0.717, 1.165) is 55.7 Å². The van der Waals surface area contributed by atoms with Gasteiger partial charge in [0.1, 0.15) is 11.2 Å². The summed E-state index contributed by atoms with van der Waals surface area (Å²) in [5.41, 5.74) is 7.17. The fourth-order valence-corrected chi connectivity index (χ4v) is 7.75. The van der Waals surface area contributed by atoms with Crippen LogP contribution in [0.2, 0.25) is 0 Å². The molecule has 0 bridgehead atoms. The van der Waals surface area contributed by atoms with Gasteiger partial charge in [-0.3, -0.25) is 4.79 Å². The van der Waals surface area contributed by atoms with Crippen LogP contribution >= 0.6 is 11.3 Å². The van der Waals surface area contributed by atoms with Crippen molar-refractivity contribution in [2.75, 3.05) is 19.6 Å². The third-order valence-corrected chi connectivity index (χ3v) is 9.58. The summed E-state index contributed by atoms with van der Waals surface area (Å²) >= 11 is 1.92. The Kier molecular flexibility index (Phi) is 5.91. The first-order valence-electron chi connectivity index (χ1n) is 13.3. The average molecular weight is 505 g/mol. The van der Waals surface area contributed by atoms with E-state index in [0.29, 0.717) is 23.7 Å². The van der Waals surface area contributed by atoms with Crippen LogP contribution in [0.1, 0.15) is 73.4 Å². The third kappa shape index (κ3) is 3.86. The third-order valence-electron chi connectivity index (χ3n) is 8.21. The monoisotopic (exact) mass is 504 g/mol. The predicted molar refractivity (Wildman–Crippen MR) is 146 cm³/mol. The highest BCUT2D eigenvalue weighted by atomic mass is 32.1. The molecule has 2 fully saturated rings. The van der Waals surface area contributed by atoms with Gasteiger partial charge in [-0.05, 0) is 80.2 Å². The molecule has 7 nitrogen and oxygen atoms in total. The number of pyridine rings is 1. The average Bonchev–Trinajstić information content (AvgIpc) is 3.63. The number of carbonyl (C=O) groups excluding carboxylic acids is 1. The van der Waals surface area contributed by atoms with Gasteiger partial charge >= 0.3 is 0 Å². The lowest BCUT2D eigenvalue weighted by atomic mass is 9.90. The Balaban J connectivity index is 1.29. The molecule has 0 aliphatic carbocycles. The Hall–Kier alpha value is -2.71. The van der Waals surface area contributed by atoms with Gasteiger partial charge in [0, 0.05) is 35.1 Å². The van der Waals surface area contributed by atoms with E-state index in [1.54, 1.807) is 6.33 Å². The number of thiophene rings is 1. The van der Waals surface area contributed by atoms with Crippen molar-refractivity contribution in [1.29, 1.82) is 0 Å². The molecule has 2 aliphatic rings. The minimum atomic E-state index is 0.0190. The number of hydrogen-bond acceptors (Lipinski definition) is 5. The molecule has 190 valence electrons. The van der Waals surface area contributed by atoms with Crippen LogP contribution in [0.15, 0.2) is 18.6 Å². The molecular weight excluding hydrogens is 468 g/mol. The van der Waals surface area contributed by atoms with Crippen molar-refractivity contribution in [3.05, 3.63) is 40.2 Å². The summed E-state index contributed by atoms with van der Waals surface area (Å²) < 4.78 is 1.87. The maximum absolute atomic E-state index is 13.0. The number of rotatable bonds is 4. The van der Waals surface area contributed by atoms with Crippen LogP contribution in [0.5, 0.6) is 0 Å². The molecular formula is C28H36N6OS. The number of aromatic amines is 1. The topological polar surface area (TPSA) is 78.3 Å². The number of piperidine rings is 1. The first-order chi connectivity index (χ1) is 17.3. The van der Waals surface area contributed by atoms with E-state index in [1.165, 1.54) is 31.9 Å². The molecule has 0 unspecified atom stereocenters. The maximum atomic E-state index is 13.0. The van der Waals surface area contributed by atoms with Crippen molar-refractivity contribution in [2.45, 2.75) is 71.8 Å². The van der Waals surface area contributed by atoms with E-state index < -0.39 is 0 Å². The largest absolute Gasteiger partial charge is 0.346 e. The van der Waals surface area contributed by atoms with Gasteiger partial charge in [-0.2, -0.15) is 5.10 Å². The van der Waals surface area contributed by atoms with Crippen molar-refractivity contribution >= 4 is 33.1 Å². The van der Waals surface area contributed by atoms with Crippen LogP contribution in [0.4, 0.5) is 0 Å². The number of nitrogens with one attached hydrogen (secondary N) is 2.